The first-order valence-corrected chi connectivity index (χ1v) is 16.7. The van der Waals surface area contributed by atoms with Gasteiger partial charge in [0.05, 0.1) is 48.7 Å². The molecule has 2 fully saturated rings. The number of terminal acetylenes is 1. The van der Waals surface area contributed by atoms with E-state index in [1.54, 1.807) is 0 Å². The van der Waals surface area contributed by atoms with Crippen molar-refractivity contribution in [1.29, 1.82) is 0.594 Å². The van der Waals surface area contributed by atoms with Crippen LogP contribution in [0.5, 0.6) is 0 Å². The van der Waals surface area contributed by atoms with Crippen LogP contribution in [0.4, 0.5) is 0 Å². The van der Waals surface area contributed by atoms with Crippen molar-refractivity contribution in [3.63, 3.8) is 0 Å². The van der Waals surface area contributed by atoms with Gasteiger partial charge >= 0.3 is 27.9 Å². The van der Waals surface area contributed by atoms with Crippen molar-refractivity contribution in [2.75, 3.05) is 38.7 Å². The van der Waals surface area contributed by atoms with Gasteiger partial charge in [0.25, 0.3) is 0 Å². The van der Waals surface area contributed by atoms with Gasteiger partial charge in [-0.1, -0.05) is 46.0 Å². The molecule has 40 heavy (non-hydrogen) atoms. The zero-order chi connectivity index (χ0) is 31.6. The Hall–Kier alpha value is -1.61. The number of alkyl halides is 1. The van der Waals surface area contributed by atoms with Crippen LogP contribution in [0.25, 0.3) is 0 Å². The van der Waals surface area contributed by atoms with Crippen molar-refractivity contribution in [2.45, 2.75) is 137 Å². The summed E-state index contributed by atoms with van der Waals surface area (Å²) < 4.78 is 12.1. The zero-order valence-corrected chi connectivity index (χ0v) is 28.5. The molecule has 0 aromatic rings. The van der Waals surface area contributed by atoms with Crippen molar-refractivity contribution < 1.29 is 23.8 Å². The van der Waals surface area contributed by atoms with Crippen molar-refractivity contribution in [3.8, 4) is 12.8 Å². The fraction of sp³-hybridized carbons (Fsp3) is 0.844. The summed E-state index contributed by atoms with van der Waals surface area (Å²) in [5, 5.41) is 0. The molecule has 2 rings (SSSR count). The number of hydrogen-bond donors (Lipinski definition) is 0. The van der Waals surface area contributed by atoms with E-state index >= 15 is 0 Å². The summed E-state index contributed by atoms with van der Waals surface area (Å²) in [7, 11) is 4.12. The first-order valence-electron chi connectivity index (χ1n) is 15.4. The number of aliphatic imine (C=N–C) groups is 6. The summed E-state index contributed by atoms with van der Waals surface area (Å²) in [5.41, 5.74) is 0. The molecule has 2 aliphatic rings. The van der Waals surface area contributed by atoms with Gasteiger partial charge in [0.15, 0.2) is 0 Å². The van der Waals surface area contributed by atoms with Gasteiger partial charge in [-0.2, -0.15) is 0 Å². The van der Waals surface area contributed by atoms with E-state index in [0.717, 1.165) is 26.1 Å². The molecule has 0 heterocycles. The molecule has 0 atom stereocenters. The Morgan fingerprint density at radius 2 is 1.27 bits per heavy atom. The minimum absolute atomic E-state index is 0. The molecule has 0 amide bonds. The minimum atomic E-state index is -0.160. The van der Waals surface area contributed by atoms with Crippen molar-refractivity contribution in [2.24, 2.45) is 30.0 Å². The molecular formula is C32H63IN7-. The summed E-state index contributed by atoms with van der Waals surface area (Å²) in [4.78, 5) is 28.7. The summed E-state index contributed by atoms with van der Waals surface area (Å²) in [6.45, 7) is 12.7. The summed E-state index contributed by atoms with van der Waals surface area (Å²) in [5.74, 6) is 0. The second-order valence-electron chi connectivity index (χ2n) is 10.1. The normalized spacial score (nSPS) is 14.8. The third kappa shape index (κ3) is 38.5. The molecule has 0 N–H and O–H groups in total. The fourth-order valence-corrected chi connectivity index (χ4v) is 3.52. The van der Waals surface area contributed by atoms with E-state index in [1.165, 1.54) is 70.6 Å². The summed E-state index contributed by atoms with van der Waals surface area (Å²) >= 11 is -0.160. The van der Waals surface area contributed by atoms with Crippen LogP contribution in [0.3, 0.4) is 0 Å². The van der Waals surface area contributed by atoms with Crippen LogP contribution in [-0.2, 0) is 0 Å². The first kappa shape index (κ1) is 40.5. The topological polar surface area (TPSA) is 77.4 Å². The van der Waals surface area contributed by atoms with Gasteiger partial charge in [-0.15, -0.1) is 12.8 Å². The SMILES string of the molecule is C.C(=NC1CCCCC1)=NC1CCCCC1.CC(C)N=C=NC(C)C.CCN=C=NCCCN(C)C.[2H]C#C.[2H][I-]C. The van der Waals surface area contributed by atoms with Crippen molar-refractivity contribution in [1.82, 2.24) is 4.90 Å². The maximum atomic E-state index is 6.32. The molecular weight excluding hydrogens is 609 g/mol. The number of hydrogen-bond acceptors (Lipinski definition) is 7. The van der Waals surface area contributed by atoms with E-state index < -0.39 is 0 Å². The van der Waals surface area contributed by atoms with Crippen LogP contribution in [0.2, 0.25) is 0 Å². The Balaban J connectivity index is -0.000000239. The predicted octanol–water partition coefficient (Wildman–Crippen LogP) is 4.72. The van der Waals surface area contributed by atoms with Crippen LogP contribution in [0.1, 0.15) is 114 Å². The van der Waals surface area contributed by atoms with Gasteiger partial charge in [-0.3, -0.25) is 0 Å². The van der Waals surface area contributed by atoms with Gasteiger partial charge in [0, 0.05) is 6.54 Å². The van der Waals surface area contributed by atoms with E-state index in [0.29, 0.717) is 24.2 Å². The Morgan fingerprint density at radius 1 is 0.850 bits per heavy atom. The molecule has 0 aromatic heterocycles. The van der Waals surface area contributed by atoms with Crippen LogP contribution in [0.15, 0.2) is 30.0 Å². The number of nitrogens with zero attached hydrogens (tertiary/aromatic N) is 7. The Kier molecular flexibility index (Phi) is 37.9. The molecule has 234 valence electrons. The monoisotopic (exact) mass is 674 g/mol. The Bertz CT molecular complexity index is 745. The van der Waals surface area contributed by atoms with Gasteiger partial charge in [0.1, 0.15) is 1.37 Å². The van der Waals surface area contributed by atoms with Crippen LogP contribution < -0.4 is 22.4 Å². The molecule has 7 nitrogen and oxygen atoms in total. The second kappa shape index (κ2) is 37.4. The first-order chi connectivity index (χ1) is 19.7. The molecule has 0 spiro atoms. The van der Waals surface area contributed by atoms with Crippen molar-refractivity contribution >= 4 is 18.0 Å². The molecule has 0 saturated heterocycles. The molecule has 8 heteroatoms. The maximum absolute atomic E-state index is 6.32. The quantitative estimate of drug-likeness (QED) is 0.115. The fourth-order valence-electron chi connectivity index (χ4n) is 3.52. The van der Waals surface area contributed by atoms with Crippen LogP contribution >= 0.6 is 0 Å². The predicted molar refractivity (Wildman–Crippen MR) is 176 cm³/mol. The standard InChI is InChI=1S/C13H22N2.C8H17N3.C7H14N2.C2H2.CH4I.CH4/c1-3-7-12(8-4-1)14-11-15-13-9-5-2-6-10-13;1-4-9-8-10-6-5-7-11(2)3;1-6(2)8-5-9-7(3)4;2*1-2;/h12-13H,1-10H2;4-7H2,1-3H3;6-7H,1-4H3;1-2H;2H,1H3;1H4/q;;;;-1;/i;;;1D;2D;. The summed E-state index contributed by atoms with van der Waals surface area (Å²) in [6, 6.07) is 9.94. The van der Waals surface area contributed by atoms with E-state index in [4.69, 9.17) is 1.96 Å². The zero-order valence-electron chi connectivity index (χ0n) is 28.3. The average Bonchev–Trinajstić information content (AvgIpc) is 2.93. The molecule has 0 aromatic carbocycles. The van der Waals surface area contributed by atoms with E-state index in [2.05, 4.69) is 73.4 Å². The average molecular weight is 675 g/mol. The molecule has 2 aliphatic carbocycles. The van der Waals surface area contributed by atoms with Crippen molar-refractivity contribution in [3.05, 3.63) is 0 Å². The van der Waals surface area contributed by atoms with E-state index in [-0.39, 0.29) is 29.8 Å². The van der Waals surface area contributed by atoms with Crippen LogP contribution in [-0.4, -0.2) is 86.3 Å². The molecule has 0 unspecified atom stereocenters. The second-order valence-corrected chi connectivity index (χ2v) is 10.1. The van der Waals surface area contributed by atoms with E-state index in [1.807, 2.05) is 39.5 Å². The van der Waals surface area contributed by atoms with Gasteiger partial charge in [-0.25, -0.2) is 30.0 Å². The number of halogens is 1. The number of rotatable bonds is 9. The van der Waals surface area contributed by atoms with Gasteiger partial charge in [0.2, 0.25) is 0 Å². The van der Waals surface area contributed by atoms with Gasteiger partial charge < -0.3 is 4.90 Å². The summed E-state index contributed by atoms with van der Waals surface area (Å²) in [6.07, 6.45) is 20.1. The van der Waals surface area contributed by atoms with E-state index in [9.17, 15) is 0 Å². The molecule has 0 bridgehead atoms. The molecule has 0 radical (unpaired) electrons. The third-order valence-corrected chi connectivity index (χ3v) is 5.44. The van der Waals surface area contributed by atoms with Gasteiger partial charge in [-0.05, 0) is 87.4 Å². The Labute approximate surface area is 264 Å². The Morgan fingerprint density at radius 3 is 1.62 bits per heavy atom. The van der Waals surface area contributed by atoms with Crippen LogP contribution in [0, 0.1) is 12.8 Å². The third-order valence-electron chi connectivity index (χ3n) is 5.44. The molecule has 0 aliphatic heterocycles. The molecule has 2 saturated carbocycles.